The van der Waals surface area contributed by atoms with Crippen LogP contribution in [0.3, 0.4) is 0 Å². The van der Waals surface area contributed by atoms with Crippen LogP contribution >= 0.6 is 0 Å². The van der Waals surface area contributed by atoms with Gasteiger partial charge >= 0.3 is 91.8 Å². The van der Waals surface area contributed by atoms with Gasteiger partial charge in [0.1, 0.15) is 24.8 Å². The van der Waals surface area contributed by atoms with Gasteiger partial charge < -0.3 is 10.2 Å². The number of imidazole rings is 2. The fraction of sp³-hybridized carbons (Fsp3) is 0.625. The van der Waals surface area contributed by atoms with Crippen molar-refractivity contribution < 1.29 is 38.5 Å². The molecule has 2 unspecified atom stereocenters. The van der Waals surface area contributed by atoms with Crippen molar-refractivity contribution in [3.63, 3.8) is 0 Å². The summed E-state index contributed by atoms with van der Waals surface area (Å²) in [6.45, 7) is 15.3. The fourth-order valence-corrected chi connectivity index (χ4v) is 5.16. The summed E-state index contributed by atoms with van der Waals surface area (Å²) in [5.41, 5.74) is 0.973. The second-order valence-corrected chi connectivity index (χ2v) is 12.7. The van der Waals surface area contributed by atoms with Crippen LogP contribution in [0.25, 0.3) is 0 Å². The third kappa shape index (κ3) is 14.0. The molecule has 11 heteroatoms. The van der Waals surface area contributed by atoms with Gasteiger partial charge in [-0.15, -0.1) is 0 Å². The first kappa shape index (κ1) is 35.7. The Labute approximate surface area is 257 Å². The number of allylic oxidation sites excluding steroid dienone is 1. The number of rotatable bonds is 11. The van der Waals surface area contributed by atoms with Crippen LogP contribution in [0.2, 0.25) is 0 Å². The average Bonchev–Trinajstić information content (AvgIpc) is 3.70. The van der Waals surface area contributed by atoms with Crippen molar-refractivity contribution in [1.29, 1.82) is 0 Å². The minimum absolute atomic E-state index is 0.0275. The van der Waals surface area contributed by atoms with Crippen molar-refractivity contribution in [1.82, 2.24) is 9.13 Å². The molecule has 2 aromatic rings. The van der Waals surface area contributed by atoms with Gasteiger partial charge in [-0.1, -0.05) is 13.8 Å². The van der Waals surface area contributed by atoms with Gasteiger partial charge in [-0.05, 0) is 50.9 Å². The monoisotopic (exact) mass is 598 g/mol. The number of aromatic nitrogens is 4. The molecule has 0 radical (unpaired) electrons. The Morgan fingerprint density at radius 1 is 0.977 bits per heavy atom. The van der Waals surface area contributed by atoms with E-state index in [1.165, 1.54) is 32.8 Å². The molecule has 0 amide bonds. The van der Waals surface area contributed by atoms with Crippen molar-refractivity contribution in [3.05, 3.63) is 49.7 Å². The Bertz CT molecular complexity index is 1240. The number of hydrogen-bond donors (Lipinski definition) is 3. The average molecular weight is 599 g/mol. The Morgan fingerprint density at radius 3 is 2.12 bits per heavy atom. The maximum Gasteiger partial charge on any atom is 0.346 e. The van der Waals surface area contributed by atoms with Gasteiger partial charge in [0.2, 0.25) is 12.7 Å². The fourth-order valence-electron chi connectivity index (χ4n) is 5.16. The van der Waals surface area contributed by atoms with Crippen molar-refractivity contribution >= 4 is 30.7 Å². The molecule has 0 spiro atoms. The van der Waals surface area contributed by atoms with E-state index in [2.05, 4.69) is 43.1 Å². The zero-order chi connectivity index (χ0) is 31.9. The topological polar surface area (TPSA) is 115 Å². The predicted octanol–water partition coefficient (Wildman–Crippen LogP) is 3.19. The van der Waals surface area contributed by atoms with Gasteiger partial charge in [-0.3, -0.25) is 0 Å². The van der Waals surface area contributed by atoms with Crippen LogP contribution in [-0.4, -0.2) is 66.2 Å². The maximum absolute atomic E-state index is 10.6. The summed E-state index contributed by atoms with van der Waals surface area (Å²) in [6, 6.07) is 0.375. The van der Waals surface area contributed by atoms with Gasteiger partial charge in [0, 0.05) is 0 Å². The number of aliphatic carboxylic acids is 2. The smallest absolute Gasteiger partial charge is 0.346 e. The van der Waals surface area contributed by atoms with Gasteiger partial charge in [0.05, 0.1) is 12.6 Å². The molecular weight excluding hydrogens is 545 g/mol. The van der Waals surface area contributed by atoms with Crippen molar-refractivity contribution in [2.75, 3.05) is 6.54 Å². The summed E-state index contributed by atoms with van der Waals surface area (Å²) in [6.07, 6.45) is 23.2. The number of carboxylic acid groups (broad SMARTS) is 2. The molecule has 2 aromatic heterocycles. The number of carboxylic acids is 2. The molecule has 1 aliphatic carbocycles. The summed E-state index contributed by atoms with van der Waals surface area (Å²) in [4.78, 5) is 20.9. The van der Waals surface area contributed by atoms with E-state index in [0.717, 1.165) is 48.6 Å². The largest absolute Gasteiger partial charge is 0.478 e. The molecule has 236 valence electrons. The molecule has 43 heavy (non-hydrogen) atoms. The van der Waals surface area contributed by atoms with Crippen LogP contribution in [0, 0.1) is 23.7 Å². The van der Waals surface area contributed by atoms with Gasteiger partial charge in [-0.25, -0.2) is 27.9 Å². The van der Waals surface area contributed by atoms with Crippen LogP contribution in [0.4, 0.5) is 0 Å². The molecule has 4 rings (SSSR count). The molecule has 0 bridgehead atoms. The SMILES string of the molecule is CC(C)C1CCC(Cn2cc[n+](CC(=O)O)c2)C1.CC(C)CC[N+]1=CCC(=BO)C=C1.CC(C)n1cc[n+](CC(=O)O)c1. The Morgan fingerprint density at radius 2 is 1.63 bits per heavy atom. The zero-order valence-electron chi connectivity index (χ0n) is 26.9. The van der Waals surface area contributed by atoms with E-state index in [1.807, 2.05) is 55.6 Å². The Kier molecular flexibility index (Phi) is 15.1. The predicted molar refractivity (Wildman–Crippen MR) is 168 cm³/mol. The third-order valence-corrected chi connectivity index (χ3v) is 7.86. The molecule has 2 atom stereocenters. The molecule has 1 saturated carbocycles. The Balaban J connectivity index is 0.000000232. The normalized spacial score (nSPS) is 18.6. The van der Waals surface area contributed by atoms with Gasteiger partial charge in [0.25, 0.3) is 0 Å². The second-order valence-electron chi connectivity index (χ2n) is 12.7. The van der Waals surface area contributed by atoms with Crippen molar-refractivity contribution in [2.24, 2.45) is 23.7 Å². The van der Waals surface area contributed by atoms with Crippen LogP contribution in [0.15, 0.2) is 49.7 Å². The van der Waals surface area contributed by atoms with E-state index in [1.54, 1.807) is 21.7 Å². The molecule has 10 nitrogen and oxygen atoms in total. The minimum Gasteiger partial charge on any atom is -0.478 e. The van der Waals surface area contributed by atoms with E-state index in [-0.39, 0.29) is 13.1 Å². The first-order chi connectivity index (χ1) is 20.4. The van der Waals surface area contributed by atoms with Gasteiger partial charge in [0.15, 0.2) is 13.1 Å². The van der Waals surface area contributed by atoms with E-state index >= 15 is 0 Å². The van der Waals surface area contributed by atoms with E-state index in [9.17, 15) is 9.59 Å². The van der Waals surface area contributed by atoms with Crippen LogP contribution < -0.4 is 9.13 Å². The van der Waals surface area contributed by atoms with E-state index in [0.29, 0.717) is 6.04 Å². The molecule has 1 fully saturated rings. The summed E-state index contributed by atoms with van der Waals surface area (Å²) in [7, 11) is 1.17. The summed E-state index contributed by atoms with van der Waals surface area (Å²) in [5, 5.41) is 26.0. The van der Waals surface area contributed by atoms with Crippen molar-refractivity contribution in [3.8, 4) is 0 Å². The molecular formula is C32H53BN5O5+3. The van der Waals surface area contributed by atoms with E-state index < -0.39 is 11.9 Å². The van der Waals surface area contributed by atoms with Crippen LogP contribution in [-0.2, 0) is 29.2 Å². The maximum atomic E-state index is 10.6. The van der Waals surface area contributed by atoms with Gasteiger partial charge in [-0.2, -0.15) is 0 Å². The van der Waals surface area contributed by atoms with Crippen molar-refractivity contribution in [2.45, 2.75) is 99.3 Å². The molecule has 0 aromatic carbocycles. The first-order valence-electron chi connectivity index (χ1n) is 15.5. The van der Waals surface area contributed by atoms with Crippen LogP contribution in [0.5, 0.6) is 0 Å². The second kappa shape index (κ2) is 18.2. The Hall–Kier alpha value is -3.50. The number of carbonyl (C=O) groups is 2. The summed E-state index contributed by atoms with van der Waals surface area (Å²) < 4.78 is 9.63. The minimum atomic E-state index is -0.818. The zero-order valence-corrected chi connectivity index (χ0v) is 26.9. The number of nitrogens with zero attached hydrogens (tertiary/aromatic N) is 5. The summed E-state index contributed by atoms with van der Waals surface area (Å²) in [5.74, 6) is 1.55. The quantitative estimate of drug-likeness (QED) is 0.272. The summed E-state index contributed by atoms with van der Waals surface area (Å²) >= 11 is 0. The third-order valence-electron chi connectivity index (χ3n) is 7.86. The molecule has 3 N–H and O–H groups in total. The molecule has 1 aliphatic heterocycles. The van der Waals surface area contributed by atoms with E-state index in [4.69, 9.17) is 15.2 Å². The standard InChI is InChI=1S/C14H22N2O2.C10H17BNO.C8H12N2O2/c1-11(2)13-4-3-12(7-13)8-15-5-6-16(10-15)9-14(17)18;1-9(2)3-6-12-7-4-10(11-13)5-8-12;1-7(2)10-4-3-9(6-10)5-8(11)12/h5-6,10-13H,3-4,7-9H2,1-2H3;4,7-9,13H,3,5-6H2,1-2H3;3-4,6-7H,5H2,1-2H3/q;+1;/p+2. The molecule has 2 aliphatic rings. The molecule has 0 saturated heterocycles. The molecule has 3 heterocycles. The first-order valence-corrected chi connectivity index (χ1v) is 15.5. The number of hydrogen-bond acceptors (Lipinski definition) is 3. The van der Waals surface area contributed by atoms with Crippen LogP contribution in [0.1, 0.15) is 79.7 Å².